The summed E-state index contributed by atoms with van der Waals surface area (Å²) in [5.74, 6) is 0. The molecule has 0 bridgehead atoms. The molecule has 0 fully saturated rings. The van der Waals surface area contributed by atoms with Crippen LogP contribution in [0.15, 0.2) is 25.3 Å². The molecule has 0 unspecified atom stereocenters. The summed E-state index contributed by atoms with van der Waals surface area (Å²) in [6, 6.07) is 0. The molecule has 62 valence electrons. The van der Waals surface area contributed by atoms with Crippen LogP contribution in [0.1, 0.15) is 0 Å². The minimum atomic E-state index is 0. The number of nitrogens with zero attached hydrogens (tertiary/aromatic N) is 2. The predicted octanol–water partition coefficient (Wildman–Crippen LogP) is -3.16. The molecule has 0 spiro atoms. The van der Waals surface area contributed by atoms with E-state index in [-0.39, 0.29) is 17.0 Å². The quantitative estimate of drug-likeness (QED) is 0.534. The van der Waals surface area contributed by atoms with E-state index in [9.17, 15) is 0 Å². The van der Waals surface area contributed by atoms with Crippen LogP contribution >= 0.6 is 0 Å². The molecule has 0 amide bonds. The highest BCUT2D eigenvalue weighted by atomic mass is 79.9. The molecule has 0 atom stereocenters. The molecule has 11 heavy (non-hydrogen) atoms. The zero-order valence-corrected chi connectivity index (χ0v) is 7.87. The fourth-order valence-corrected chi connectivity index (χ4v) is 0.800. The van der Waals surface area contributed by atoms with Gasteiger partial charge in [-0.1, -0.05) is 6.58 Å². The van der Waals surface area contributed by atoms with Crippen LogP contribution < -0.4 is 27.3 Å². The summed E-state index contributed by atoms with van der Waals surface area (Å²) in [6.07, 6.45) is 7.59. The molecule has 0 saturated carbocycles. The third-order valence-electron chi connectivity index (χ3n) is 1.31. The fraction of sp³-hybridized carbons (Fsp3) is 0.286. The molecular formula is C7H12BrN3. The lowest BCUT2D eigenvalue weighted by Gasteiger charge is -1.87. The van der Waals surface area contributed by atoms with Gasteiger partial charge in [-0.3, -0.25) is 0 Å². The van der Waals surface area contributed by atoms with E-state index in [1.165, 1.54) is 0 Å². The van der Waals surface area contributed by atoms with E-state index in [4.69, 9.17) is 5.73 Å². The molecule has 1 rings (SSSR count). The molecule has 0 saturated heterocycles. The van der Waals surface area contributed by atoms with Crippen molar-refractivity contribution in [3.63, 3.8) is 0 Å². The second kappa shape index (κ2) is 5.09. The number of aromatic nitrogens is 2. The summed E-state index contributed by atoms with van der Waals surface area (Å²) >= 11 is 0. The van der Waals surface area contributed by atoms with Gasteiger partial charge in [-0.05, 0) is 0 Å². The maximum atomic E-state index is 5.36. The van der Waals surface area contributed by atoms with Crippen LogP contribution in [-0.2, 0) is 6.54 Å². The van der Waals surface area contributed by atoms with E-state index >= 15 is 0 Å². The van der Waals surface area contributed by atoms with Gasteiger partial charge in [0.2, 0.25) is 6.33 Å². The molecule has 0 aliphatic heterocycles. The lowest BCUT2D eigenvalue weighted by atomic mass is 10.6. The second-order valence-electron chi connectivity index (χ2n) is 2.07. The van der Waals surface area contributed by atoms with Gasteiger partial charge in [-0.2, -0.15) is 0 Å². The van der Waals surface area contributed by atoms with Gasteiger partial charge >= 0.3 is 0 Å². The van der Waals surface area contributed by atoms with Gasteiger partial charge in [-0.25, -0.2) is 9.13 Å². The number of hydrogen-bond donors (Lipinski definition) is 1. The average molecular weight is 218 g/mol. The van der Waals surface area contributed by atoms with Crippen molar-refractivity contribution in [1.29, 1.82) is 0 Å². The van der Waals surface area contributed by atoms with Crippen LogP contribution in [0.5, 0.6) is 0 Å². The van der Waals surface area contributed by atoms with Gasteiger partial charge in [0.25, 0.3) is 0 Å². The van der Waals surface area contributed by atoms with E-state index in [1.54, 1.807) is 6.20 Å². The van der Waals surface area contributed by atoms with Crippen LogP contribution in [0.25, 0.3) is 6.20 Å². The first-order chi connectivity index (χ1) is 4.86. The molecule has 0 aromatic carbocycles. The largest absolute Gasteiger partial charge is 1.00 e. The van der Waals surface area contributed by atoms with Gasteiger partial charge in [0, 0.05) is 6.54 Å². The molecule has 4 heteroatoms. The monoisotopic (exact) mass is 217 g/mol. The molecule has 2 N–H and O–H groups in total. The second-order valence-corrected chi connectivity index (χ2v) is 2.07. The Morgan fingerprint density at radius 3 is 2.82 bits per heavy atom. The lowest BCUT2D eigenvalue weighted by molar-refractivity contribution is -0.693. The standard InChI is InChI=1S/C7H12N3.BrH/c1-2-9-5-6-10(7-9)4-3-8;/h2,5-7H,1,3-4,8H2;1H/q+1;/p-1. The first-order valence-corrected chi connectivity index (χ1v) is 3.26. The Kier molecular flexibility index (Phi) is 4.81. The summed E-state index contributed by atoms with van der Waals surface area (Å²) < 4.78 is 3.90. The average Bonchev–Trinajstić information content (AvgIpc) is 2.37. The van der Waals surface area contributed by atoms with Gasteiger partial charge in [0.05, 0.1) is 6.20 Å². The highest BCUT2D eigenvalue weighted by Gasteiger charge is 1.96. The Balaban J connectivity index is 0.000001000. The number of halogens is 1. The van der Waals surface area contributed by atoms with Crippen LogP contribution in [0.3, 0.4) is 0 Å². The number of nitrogens with two attached hydrogens (primary N) is 1. The summed E-state index contributed by atoms with van der Waals surface area (Å²) in [5, 5.41) is 0. The Labute approximate surface area is 76.9 Å². The zero-order chi connectivity index (χ0) is 7.40. The van der Waals surface area contributed by atoms with Crippen molar-refractivity contribution >= 4 is 6.20 Å². The van der Waals surface area contributed by atoms with Crippen molar-refractivity contribution in [3.8, 4) is 0 Å². The maximum Gasteiger partial charge on any atom is 0.248 e. The fourth-order valence-electron chi connectivity index (χ4n) is 0.800. The summed E-state index contributed by atoms with van der Waals surface area (Å²) in [6.45, 7) is 5.16. The Bertz CT molecular complexity index is 219. The molecular weight excluding hydrogens is 206 g/mol. The third kappa shape index (κ3) is 2.86. The molecule has 3 nitrogen and oxygen atoms in total. The Morgan fingerprint density at radius 2 is 2.36 bits per heavy atom. The first-order valence-electron chi connectivity index (χ1n) is 3.26. The van der Waals surface area contributed by atoms with Crippen molar-refractivity contribution in [1.82, 2.24) is 4.57 Å². The summed E-state index contributed by atoms with van der Waals surface area (Å²) in [4.78, 5) is 0. The maximum absolute atomic E-state index is 5.36. The molecule has 0 aliphatic rings. The van der Waals surface area contributed by atoms with Gasteiger partial charge < -0.3 is 22.7 Å². The van der Waals surface area contributed by atoms with E-state index in [0.29, 0.717) is 6.54 Å². The van der Waals surface area contributed by atoms with Crippen molar-refractivity contribution in [3.05, 3.63) is 25.3 Å². The predicted molar refractivity (Wildman–Crippen MR) is 40.1 cm³/mol. The molecule has 1 heterocycles. The SMILES string of the molecule is C=Cn1cc[n+](CCN)c1.[Br-]. The van der Waals surface area contributed by atoms with Crippen molar-refractivity contribution in [2.24, 2.45) is 5.73 Å². The minimum absolute atomic E-state index is 0. The van der Waals surface area contributed by atoms with Crippen LogP contribution in [-0.4, -0.2) is 11.1 Å². The number of imidazole rings is 1. The molecule has 0 radical (unpaired) electrons. The Morgan fingerprint density at radius 1 is 1.64 bits per heavy atom. The number of rotatable bonds is 3. The topological polar surface area (TPSA) is 34.8 Å². The van der Waals surface area contributed by atoms with Crippen LogP contribution in [0, 0.1) is 0 Å². The van der Waals surface area contributed by atoms with Gasteiger partial charge in [0.15, 0.2) is 0 Å². The van der Waals surface area contributed by atoms with Gasteiger partial charge in [0.1, 0.15) is 18.9 Å². The highest BCUT2D eigenvalue weighted by Crippen LogP contribution is 1.81. The van der Waals surface area contributed by atoms with Crippen molar-refractivity contribution in [2.45, 2.75) is 6.54 Å². The van der Waals surface area contributed by atoms with Crippen molar-refractivity contribution < 1.29 is 21.5 Å². The van der Waals surface area contributed by atoms with Crippen molar-refractivity contribution in [2.75, 3.05) is 6.54 Å². The smallest absolute Gasteiger partial charge is 0.248 e. The summed E-state index contributed by atoms with van der Waals surface area (Å²) in [5.41, 5.74) is 5.36. The normalized spacial score (nSPS) is 8.82. The third-order valence-corrected chi connectivity index (χ3v) is 1.31. The lowest BCUT2D eigenvalue weighted by Crippen LogP contribution is -3.00. The minimum Gasteiger partial charge on any atom is -1.00 e. The van der Waals surface area contributed by atoms with E-state index < -0.39 is 0 Å². The van der Waals surface area contributed by atoms with E-state index in [0.717, 1.165) is 6.54 Å². The highest BCUT2D eigenvalue weighted by molar-refractivity contribution is 5.12. The van der Waals surface area contributed by atoms with Crippen LogP contribution in [0.2, 0.25) is 0 Å². The molecule has 0 aliphatic carbocycles. The van der Waals surface area contributed by atoms with E-state index in [2.05, 4.69) is 6.58 Å². The summed E-state index contributed by atoms with van der Waals surface area (Å²) in [7, 11) is 0. The Hall–Kier alpha value is -0.610. The van der Waals surface area contributed by atoms with E-state index in [1.807, 2.05) is 27.9 Å². The molecule has 1 aromatic rings. The van der Waals surface area contributed by atoms with Gasteiger partial charge in [-0.15, -0.1) is 0 Å². The van der Waals surface area contributed by atoms with Crippen LogP contribution in [0.4, 0.5) is 0 Å². The zero-order valence-electron chi connectivity index (χ0n) is 6.28. The molecule has 1 aromatic heterocycles. The number of hydrogen-bond acceptors (Lipinski definition) is 1. The first kappa shape index (κ1) is 10.4.